The van der Waals surface area contributed by atoms with E-state index in [1.165, 1.54) is 6.92 Å². The summed E-state index contributed by atoms with van der Waals surface area (Å²) < 4.78 is 0. The third kappa shape index (κ3) is 8.60. The van der Waals surface area contributed by atoms with Crippen molar-refractivity contribution in [2.45, 2.75) is 37.9 Å². The number of hydrogen-bond donors (Lipinski definition) is 7. The van der Waals surface area contributed by atoms with Gasteiger partial charge in [0.05, 0.1) is 6.54 Å². The topological polar surface area (TPSA) is 175 Å². The highest BCUT2D eigenvalue weighted by Crippen LogP contribution is 2.19. The zero-order chi connectivity index (χ0) is 28.4. The van der Waals surface area contributed by atoms with Gasteiger partial charge in [0.2, 0.25) is 29.5 Å². The predicted molar refractivity (Wildman–Crippen MR) is 150 cm³/mol. The van der Waals surface area contributed by atoms with Crippen molar-refractivity contribution < 1.29 is 24.0 Å². The number of thiol groups is 1. The number of H-pyrrole nitrogens is 1. The highest BCUT2D eigenvalue weighted by atomic mass is 32.1. The molecule has 0 radical (unpaired) electrons. The summed E-state index contributed by atoms with van der Waals surface area (Å²) in [5.74, 6) is -3.03. The molecule has 3 rings (SSSR count). The molecule has 0 spiro atoms. The average molecular weight is 553 g/mol. The molecule has 0 bridgehead atoms. The van der Waals surface area contributed by atoms with Gasteiger partial charge < -0.3 is 32.0 Å². The maximum Gasteiger partial charge on any atom is 0.244 e. The van der Waals surface area contributed by atoms with Crippen LogP contribution in [0.15, 0.2) is 60.8 Å². The molecule has 1 aromatic heterocycles. The molecule has 3 aromatic rings. The third-order valence-corrected chi connectivity index (χ3v) is 6.36. The number of nitrogens with one attached hydrogen (secondary N) is 5. The first-order valence-electron chi connectivity index (χ1n) is 12.3. The Balaban J connectivity index is 1.56. The van der Waals surface area contributed by atoms with Crippen LogP contribution in [-0.4, -0.2) is 64.9 Å². The number of hydrogen-bond acceptors (Lipinski definition) is 6. The van der Waals surface area contributed by atoms with Crippen LogP contribution in [0.3, 0.4) is 0 Å². The third-order valence-electron chi connectivity index (χ3n) is 5.99. The predicted octanol–water partition coefficient (Wildman–Crippen LogP) is -0.0413. The van der Waals surface area contributed by atoms with Gasteiger partial charge in [0.1, 0.15) is 18.1 Å². The lowest BCUT2D eigenvalue weighted by molar-refractivity contribution is -0.132. The summed E-state index contributed by atoms with van der Waals surface area (Å²) >= 11 is 4.14. The van der Waals surface area contributed by atoms with Gasteiger partial charge in [-0.15, -0.1) is 0 Å². The Kier molecular flexibility index (Phi) is 10.5. The number of rotatable bonds is 13. The molecule has 3 atom stereocenters. The number of primary amides is 1. The monoisotopic (exact) mass is 552 g/mol. The van der Waals surface area contributed by atoms with E-state index in [9.17, 15) is 24.0 Å². The maximum atomic E-state index is 12.9. The Morgan fingerprint density at radius 3 is 2.21 bits per heavy atom. The van der Waals surface area contributed by atoms with Crippen molar-refractivity contribution in [3.8, 4) is 0 Å². The van der Waals surface area contributed by atoms with Gasteiger partial charge in [-0.1, -0.05) is 48.5 Å². The first kappa shape index (κ1) is 29.2. The van der Waals surface area contributed by atoms with Gasteiger partial charge >= 0.3 is 0 Å². The van der Waals surface area contributed by atoms with Crippen molar-refractivity contribution >= 4 is 53.1 Å². The second-order valence-corrected chi connectivity index (χ2v) is 9.36. The van der Waals surface area contributed by atoms with Crippen LogP contribution in [0.2, 0.25) is 0 Å². The van der Waals surface area contributed by atoms with Crippen LogP contribution >= 0.6 is 12.6 Å². The Hall–Kier alpha value is -4.32. The summed E-state index contributed by atoms with van der Waals surface area (Å²) in [5, 5.41) is 11.0. The van der Waals surface area contributed by atoms with Crippen LogP contribution in [0.25, 0.3) is 10.9 Å². The number of amides is 5. The van der Waals surface area contributed by atoms with Crippen molar-refractivity contribution in [2.24, 2.45) is 5.73 Å². The number of carbonyl (C=O) groups excluding carboxylic acids is 5. The maximum absolute atomic E-state index is 12.9. The van der Waals surface area contributed by atoms with Crippen molar-refractivity contribution in [1.29, 1.82) is 0 Å². The fraction of sp³-hybridized carbons (Fsp3) is 0.296. The highest BCUT2D eigenvalue weighted by Gasteiger charge is 2.26. The van der Waals surface area contributed by atoms with Gasteiger partial charge in [-0.3, -0.25) is 24.0 Å². The Morgan fingerprint density at radius 1 is 0.846 bits per heavy atom. The van der Waals surface area contributed by atoms with E-state index >= 15 is 0 Å². The quantitative estimate of drug-likeness (QED) is 0.147. The van der Waals surface area contributed by atoms with Crippen LogP contribution in [-0.2, 0) is 36.8 Å². The highest BCUT2D eigenvalue weighted by molar-refractivity contribution is 7.80. The Labute approximate surface area is 231 Å². The van der Waals surface area contributed by atoms with E-state index in [0.29, 0.717) is 0 Å². The summed E-state index contributed by atoms with van der Waals surface area (Å²) in [6, 6.07) is 13.6. The van der Waals surface area contributed by atoms with E-state index in [4.69, 9.17) is 5.73 Å². The van der Waals surface area contributed by atoms with Crippen LogP contribution in [0.1, 0.15) is 18.1 Å². The number of aromatic amines is 1. The van der Waals surface area contributed by atoms with Crippen LogP contribution in [0, 0.1) is 0 Å². The number of para-hydroxylation sites is 1. The lowest BCUT2D eigenvalue weighted by Crippen LogP contribution is -2.56. The molecule has 12 heteroatoms. The molecule has 0 aliphatic rings. The van der Waals surface area contributed by atoms with Crippen LogP contribution in [0.4, 0.5) is 0 Å². The summed E-state index contributed by atoms with van der Waals surface area (Å²) in [6.07, 6.45) is 2.14. The summed E-state index contributed by atoms with van der Waals surface area (Å²) in [7, 11) is 0. The molecule has 2 aromatic carbocycles. The Bertz CT molecular complexity index is 1330. The second-order valence-electron chi connectivity index (χ2n) is 8.99. The molecular weight excluding hydrogens is 520 g/mol. The van der Waals surface area contributed by atoms with Gasteiger partial charge in [-0.2, -0.15) is 12.6 Å². The minimum absolute atomic E-state index is 0.0629. The molecule has 206 valence electrons. The molecule has 7 N–H and O–H groups in total. The van der Waals surface area contributed by atoms with Crippen molar-refractivity contribution in [2.75, 3.05) is 12.3 Å². The zero-order valence-corrected chi connectivity index (χ0v) is 22.3. The number of fused-ring (bicyclic) bond motifs is 1. The fourth-order valence-corrected chi connectivity index (χ4v) is 4.31. The Morgan fingerprint density at radius 2 is 1.54 bits per heavy atom. The van der Waals surface area contributed by atoms with Gasteiger partial charge in [-0.05, 0) is 17.2 Å². The molecule has 0 saturated heterocycles. The summed E-state index contributed by atoms with van der Waals surface area (Å²) in [4.78, 5) is 64.9. The zero-order valence-electron chi connectivity index (χ0n) is 21.4. The first-order valence-corrected chi connectivity index (χ1v) is 12.9. The number of benzene rings is 2. The molecule has 0 aliphatic heterocycles. The molecule has 0 saturated carbocycles. The molecule has 0 aliphatic carbocycles. The van der Waals surface area contributed by atoms with E-state index in [1.807, 2.05) is 54.6 Å². The lowest BCUT2D eigenvalue weighted by Gasteiger charge is -2.21. The van der Waals surface area contributed by atoms with E-state index in [0.717, 1.165) is 22.0 Å². The van der Waals surface area contributed by atoms with Gasteiger partial charge in [-0.25, -0.2) is 0 Å². The minimum Gasteiger partial charge on any atom is -0.368 e. The van der Waals surface area contributed by atoms with Crippen molar-refractivity contribution in [3.05, 3.63) is 71.9 Å². The lowest BCUT2D eigenvalue weighted by atomic mass is 10.0. The molecule has 11 nitrogen and oxygen atoms in total. The normalized spacial score (nSPS) is 13.1. The van der Waals surface area contributed by atoms with Crippen LogP contribution in [0.5, 0.6) is 0 Å². The standard InChI is InChI=1S/C27H32N6O5S/c1-16(34)31-22(11-17-7-3-2-4-8-17)26(37)30-14-24(35)32-23(15-39)27(38)33-21(25(28)36)12-18-13-29-20-10-6-5-9-19(18)20/h2-10,13,21-23,29,39H,11-12,14-15H2,1H3,(H2,28,36)(H,30,37)(H,31,34)(H,32,35)(H,33,38)/t21-,22-,23-/m0/s1. The van der Waals surface area contributed by atoms with Crippen molar-refractivity contribution in [3.63, 3.8) is 0 Å². The van der Waals surface area contributed by atoms with Gasteiger partial charge in [0.15, 0.2) is 0 Å². The van der Waals surface area contributed by atoms with E-state index in [1.54, 1.807) is 6.20 Å². The smallest absolute Gasteiger partial charge is 0.244 e. The number of nitrogens with two attached hydrogens (primary N) is 1. The molecular formula is C27H32N6O5S. The van der Waals surface area contributed by atoms with Crippen LogP contribution < -0.4 is 27.0 Å². The number of aromatic nitrogens is 1. The molecule has 0 fully saturated rings. The number of carbonyl (C=O) groups is 5. The first-order chi connectivity index (χ1) is 18.7. The van der Waals surface area contributed by atoms with Gasteiger partial charge in [0.25, 0.3) is 0 Å². The van der Waals surface area contributed by atoms with Gasteiger partial charge in [0, 0.05) is 42.6 Å². The van der Waals surface area contributed by atoms with Crippen molar-refractivity contribution in [1.82, 2.24) is 26.3 Å². The largest absolute Gasteiger partial charge is 0.368 e. The molecule has 39 heavy (non-hydrogen) atoms. The molecule has 5 amide bonds. The molecule has 0 unspecified atom stereocenters. The average Bonchev–Trinajstić information content (AvgIpc) is 3.32. The second kappa shape index (κ2) is 14.0. The van der Waals surface area contributed by atoms with E-state index < -0.39 is 48.3 Å². The molecule has 1 heterocycles. The SMILES string of the molecule is CC(=O)N[C@@H](Cc1ccccc1)C(=O)NCC(=O)N[C@@H](CS)C(=O)N[C@@H](Cc1c[nH]c2ccccc12)C(N)=O. The van der Waals surface area contributed by atoms with E-state index in [-0.39, 0.29) is 24.5 Å². The summed E-state index contributed by atoms with van der Waals surface area (Å²) in [5.41, 5.74) is 8.05. The minimum atomic E-state index is -1.09. The summed E-state index contributed by atoms with van der Waals surface area (Å²) in [6.45, 7) is 0.863. The fourth-order valence-electron chi connectivity index (χ4n) is 4.05. The van der Waals surface area contributed by atoms with E-state index in [2.05, 4.69) is 38.9 Å².